The van der Waals surface area contributed by atoms with Crippen LogP contribution in [0.25, 0.3) is 38.6 Å². The molecule has 0 amide bonds. The molecular weight excluding hydrogens is 702 g/mol. The molecule has 0 atom stereocenters. The van der Waals surface area contributed by atoms with E-state index in [1.165, 1.54) is 140 Å². The third kappa shape index (κ3) is 6.69. The second-order valence-corrected chi connectivity index (χ2v) is 15.5. The molecule has 0 spiro atoms. The standard InChI is InChI=1S/C41H46Br2ClN/c1-3-5-7-9-11-13-23-41(24-14-12-10-8-6-4-2)37-27-31(44)17-19-33(37)34-20-18-32(28-38(34)41)45-39-21-15-29(42)25-35(39)36-26-30(43)16-22-40(36)45/h15-22,25-28H,3-14,23-24H2,1-2H3. The molecule has 4 aromatic carbocycles. The lowest BCUT2D eigenvalue weighted by molar-refractivity contribution is 0.398. The Balaban J connectivity index is 1.47. The molecule has 1 aliphatic carbocycles. The highest BCUT2D eigenvalue weighted by Crippen LogP contribution is 2.55. The van der Waals surface area contributed by atoms with E-state index in [9.17, 15) is 0 Å². The molecule has 45 heavy (non-hydrogen) atoms. The largest absolute Gasteiger partial charge is 0.309 e. The maximum absolute atomic E-state index is 6.79. The highest BCUT2D eigenvalue weighted by Gasteiger charge is 2.42. The SMILES string of the molecule is CCCCCCCCC1(CCCCCCCC)c2cc(Cl)ccc2-c2ccc(-n3c4ccc(Br)cc4c4cc(Br)ccc43)cc21. The molecule has 1 heterocycles. The van der Waals surface area contributed by atoms with Crippen molar-refractivity contribution in [3.63, 3.8) is 0 Å². The fraction of sp³-hybridized carbons (Fsp3) is 0.415. The third-order valence-corrected chi connectivity index (χ3v) is 11.4. The summed E-state index contributed by atoms with van der Waals surface area (Å²) in [5.74, 6) is 0. The van der Waals surface area contributed by atoms with Gasteiger partial charge in [0, 0.05) is 35.8 Å². The van der Waals surface area contributed by atoms with Crippen molar-refractivity contribution in [3.8, 4) is 16.8 Å². The van der Waals surface area contributed by atoms with Crippen molar-refractivity contribution >= 4 is 65.3 Å². The van der Waals surface area contributed by atoms with Crippen molar-refractivity contribution in [1.29, 1.82) is 0 Å². The van der Waals surface area contributed by atoms with Gasteiger partial charge in [0.15, 0.2) is 0 Å². The van der Waals surface area contributed by atoms with E-state index in [0.717, 1.165) is 14.0 Å². The number of hydrogen-bond donors (Lipinski definition) is 0. The Morgan fingerprint density at radius 2 is 1.04 bits per heavy atom. The van der Waals surface area contributed by atoms with E-state index in [4.69, 9.17) is 11.6 Å². The summed E-state index contributed by atoms with van der Waals surface area (Å²) < 4.78 is 4.68. The Morgan fingerprint density at radius 3 is 1.60 bits per heavy atom. The molecule has 236 valence electrons. The van der Waals surface area contributed by atoms with Crippen LogP contribution in [-0.2, 0) is 5.41 Å². The van der Waals surface area contributed by atoms with Crippen LogP contribution < -0.4 is 0 Å². The lowest BCUT2D eigenvalue weighted by atomic mass is 9.70. The number of unbranched alkanes of at least 4 members (excludes halogenated alkanes) is 10. The molecule has 1 aromatic heterocycles. The number of hydrogen-bond acceptors (Lipinski definition) is 0. The van der Waals surface area contributed by atoms with E-state index in [0.29, 0.717) is 0 Å². The van der Waals surface area contributed by atoms with Gasteiger partial charge in [-0.2, -0.15) is 0 Å². The summed E-state index contributed by atoms with van der Waals surface area (Å²) >= 11 is 14.3. The smallest absolute Gasteiger partial charge is 0.0541 e. The Bertz CT molecular complexity index is 1710. The zero-order chi connectivity index (χ0) is 31.4. The molecule has 0 N–H and O–H groups in total. The van der Waals surface area contributed by atoms with Crippen molar-refractivity contribution in [2.24, 2.45) is 0 Å². The fourth-order valence-corrected chi connectivity index (χ4v) is 8.81. The Morgan fingerprint density at radius 1 is 0.556 bits per heavy atom. The number of benzene rings is 4. The van der Waals surface area contributed by atoms with Crippen LogP contribution in [0.1, 0.15) is 115 Å². The second-order valence-electron chi connectivity index (χ2n) is 13.2. The van der Waals surface area contributed by atoms with Crippen molar-refractivity contribution in [2.45, 2.75) is 109 Å². The second kappa shape index (κ2) is 14.8. The van der Waals surface area contributed by atoms with Crippen molar-refractivity contribution in [1.82, 2.24) is 4.57 Å². The summed E-state index contributed by atoms with van der Waals surface area (Å²) in [4.78, 5) is 0. The summed E-state index contributed by atoms with van der Waals surface area (Å²) in [6.45, 7) is 4.61. The predicted octanol–water partition coefficient (Wildman–Crippen LogP) is 14.7. The number of nitrogens with zero attached hydrogens (tertiary/aromatic N) is 1. The van der Waals surface area contributed by atoms with E-state index in [1.807, 2.05) is 0 Å². The minimum Gasteiger partial charge on any atom is -0.309 e. The maximum atomic E-state index is 6.79. The van der Waals surface area contributed by atoms with Gasteiger partial charge in [-0.1, -0.05) is 146 Å². The molecule has 0 fully saturated rings. The van der Waals surface area contributed by atoms with Crippen LogP contribution in [0.4, 0.5) is 0 Å². The molecule has 0 aliphatic heterocycles. The summed E-state index contributed by atoms with van der Waals surface area (Å²) in [6.07, 6.45) is 18.1. The van der Waals surface area contributed by atoms with E-state index in [-0.39, 0.29) is 5.41 Å². The average Bonchev–Trinajstić information content (AvgIpc) is 3.49. The number of aromatic nitrogens is 1. The molecule has 0 saturated carbocycles. The highest BCUT2D eigenvalue weighted by molar-refractivity contribution is 9.10. The van der Waals surface area contributed by atoms with Gasteiger partial charge in [-0.15, -0.1) is 0 Å². The Labute approximate surface area is 292 Å². The first-order chi connectivity index (χ1) is 22.0. The number of rotatable bonds is 15. The van der Waals surface area contributed by atoms with Crippen LogP contribution in [0.15, 0.2) is 81.7 Å². The quantitative estimate of drug-likeness (QED) is 0.0940. The maximum Gasteiger partial charge on any atom is 0.0541 e. The van der Waals surface area contributed by atoms with Crippen LogP contribution in [-0.4, -0.2) is 4.57 Å². The van der Waals surface area contributed by atoms with Crippen LogP contribution in [0.5, 0.6) is 0 Å². The first-order valence-electron chi connectivity index (χ1n) is 17.3. The van der Waals surface area contributed by atoms with Gasteiger partial charge in [-0.25, -0.2) is 0 Å². The molecule has 4 heteroatoms. The third-order valence-electron chi connectivity index (χ3n) is 10.2. The summed E-state index contributed by atoms with van der Waals surface area (Å²) in [6, 6.07) is 27.3. The average molecular weight is 748 g/mol. The normalized spacial score (nSPS) is 13.5. The predicted molar refractivity (Wildman–Crippen MR) is 203 cm³/mol. The molecule has 0 bridgehead atoms. The van der Waals surface area contributed by atoms with Gasteiger partial charge < -0.3 is 4.57 Å². The lowest BCUT2D eigenvalue weighted by Crippen LogP contribution is -2.26. The van der Waals surface area contributed by atoms with Gasteiger partial charge in [0.25, 0.3) is 0 Å². The van der Waals surface area contributed by atoms with Gasteiger partial charge in [0.1, 0.15) is 0 Å². The Kier molecular flexibility index (Phi) is 10.8. The van der Waals surface area contributed by atoms with E-state index in [1.54, 1.807) is 0 Å². The van der Waals surface area contributed by atoms with Gasteiger partial charge >= 0.3 is 0 Å². The highest BCUT2D eigenvalue weighted by atomic mass is 79.9. The summed E-state index contributed by atoms with van der Waals surface area (Å²) in [7, 11) is 0. The van der Waals surface area contributed by atoms with Crippen LogP contribution in [0.2, 0.25) is 5.02 Å². The molecule has 5 aromatic rings. The lowest BCUT2D eigenvalue weighted by Gasteiger charge is -2.33. The number of halogens is 3. The van der Waals surface area contributed by atoms with Crippen molar-refractivity contribution in [2.75, 3.05) is 0 Å². The zero-order valence-corrected chi connectivity index (χ0v) is 30.8. The molecule has 0 saturated heterocycles. The summed E-state index contributed by atoms with van der Waals surface area (Å²) in [5, 5.41) is 3.39. The molecule has 1 nitrogen and oxygen atoms in total. The van der Waals surface area contributed by atoms with E-state index < -0.39 is 0 Å². The topological polar surface area (TPSA) is 4.93 Å². The van der Waals surface area contributed by atoms with E-state index >= 15 is 0 Å². The first kappa shape index (κ1) is 32.9. The van der Waals surface area contributed by atoms with Gasteiger partial charge in [0.05, 0.1) is 11.0 Å². The first-order valence-corrected chi connectivity index (χ1v) is 19.3. The minimum absolute atomic E-state index is 0.00803. The monoisotopic (exact) mass is 745 g/mol. The molecule has 0 radical (unpaired) electrons. The summed E-state index contributed by atoms with van der Waals surface area (Å²) in [5.41, 5.74) is 9.45. The molecule has 0 unspecified atom stereocenters. The van der Waals surface area contributed by atoms with Gasteiger partial charge in [-0.05, 0) is 95.8 Å². The molecule has 6 rings (SSSR count). The molecular formula is C41H46Br2ClN. The van der Waals surface area contributed by atoms with Crippen LogP contribution in [0, 0.1) is 0 Å². The Hall–Kier alpha value is -2.07. The molecule has 1 aliphatic rings. The van der Waals surface area contributed by atoms with Crippen LogP contribution in [0.3, 0.4) is 0 Å². The van der Waals surface area contributed by atoms with Crippen molar-refractivity contribution < 1.29 is 0 Å². The van der Waals surface area contributed by atoms with Gasteiger partial charge in [-0.3, -0.25) is 0 Å². The van der Waals surface area contributed by atoms with E-state index in [2.05, 4.69) is 123 Å². The van der Waals surface area contributed by atoms with Gasteiger partial charge in [0.2, 0.25) is 0 Å². The zero-order valence-electron chi connectivity index (χ0n) is 26.9. The fourth-order valence-electron chi connectivity index (χ4n) is 7.92. The van der Waals surface area contributed by atoms with Crippen LogP contribution >= 0.6 is 43.5 Å². The van der Waals surface area contributed by atoms with Crippen molar-refractivity contribution in [3.05, 3.63) is 97.9 Å². The number of fused-ring (bicyclic) bond motifs is 6. The minimum atomic E-state index is -0.00803.